The van der Waals surface area contributed by atoms with Crippen LogP contribution in [0.3, 0.4) is 0 Å². The molecule has 0 aliphatic carbocycles. The van der Waals surface area contributed by atoms with Gasteiger partial charge in [-0.05, 0) is 24.6 Å². The number of nitrogens with zero attached hydrogens (tertiary/aromatic N) is 3. The van der Waals surface area contributed by atoms with Gasteiger partial charge in [-0.25, -0.2) is 14.4 Å². The first-order valence-electron chi connectivity index (χ1n) is 9.08. The van der Waals surface area contributed by atoms with Gasteiger partial charge in [0.05, 0.1) is 18.9 Å². The summed E-state index contributed by atoms with van der Waals surface area (Å²) in [7, 11) is 0. The Hall–Kier alpha value is -2.25. The van der Waals surface area contributed by atoms with E-state index in [4.69, 9.17) is 20.2 Å². The highest BCUT2D eigenvalue weighted by Gasteiger charge is 2.27. The van der Waals surface area contributed by atoms with Gasteiger partial charge in [0.15, 0.2) is 0 Å². The Balaban J connectivity index is 1.78. The van der Waals surface area contributed by atoms with Gasteiger partial charge in [0.1, 0.15) is 17.7 Å². The maximum absolute atomic E-state index is 14.2. The fraction of sp³-hybridized carbons (Fsp3) is 0.474. The molecule has 0 bridgehead atoms. The van der Waals surface area contributed by atoms with E-state index < -0.39 is 0 Å². The third-order valence-corrected chi connectivity index (χ3v) is 4.83. The van der Waals surface area contributed by atoms with Crippen molar-refractivity contribution < 1.29 is 13.9 Å². The van der Waals surface area contributed by atoms with E-state index in [1.165, 1.54) is 12.1 Å². The van der Waals surface area contributed by atoms with E-state index in [0.29, 0.717) is 49.1 Å². The minimum absolute atomic E-state index is 0.114. The van der Waals surface area contributed by atoms with Crippen LogP contribution in [-0.4, -0.2) is 48.9 Å². The predicted molar refractivity (Wildman–Crippen MR) is 97.0 cm³/mol. The van der Waals surface area contributed by atoms with Crippen LogP contribution in [0.25, 0.3) is 11.3 Å². The van der Waals surface area contributed by atoms with E-state index in [2.05, 4.69) is 9.88 Å². The van der Waals surface area contributed by atoms with Gasteiger partial charge in [-0.1, -0.05) is 6.92 Å². The zero-order valence-corrected chi connectivity index (χ0v) is 14.9. The van der Waals surface area contributed by atoms with Crippen molar-refractivity contribution in [2.24, 2.45) is 5.73 Å². The second-order valence-corrected chi connectivity index (χ2v) is 6.62. The first-order valence-corrected chi connectivity index (χ1v) is 9.08. The Morgan fingerprint density at radius 1 is 1.23 bits per heavy atom. The van der Waals surface area contributed by atoms with Crippen molar-refractivity contribution in [2.75, 3.05) is 37.7 Å². The summed E-state index contributed by atoms with van der Waals surface area (Å²) in [5.74, 6) is 1.06. The second-order valence-electron chi connectivity index (χ2n) is 6.62. The molecule has 4 rings (SSSR count). The molecule has 0 unspecified atom stereocenters. The Morgan fingerprint density at radius 2 is 2.04 bits per heavy atom. The van der Waals surface area contributed by atoms with Crippen LogP contribution in [0, 0.1) is 5.82 Å². The molecule has 0 amide bonds. The third-order valence-electron chi connectivity index (χ3n) is 4.83. The van der Waals surface area contributed by atoms with Gasteiger partial charge in [-0.3, -0.25) is 0 Å². The van der Waals surface area contributed by atoms with Crippen molar-refractivity contribution in [1.29, 1.82) is 0 Å². The van der Waals surface area contributed by atoms with Crippen LogP contribution in [0.1, 0.15) is 18.2 Å². The summed E-state index contributed by atoms with van der Waals surface area (Å²) in [6.45, 7) is 5.27. The van der Waals surface area contributed by atoms with E-state index in [1.54, 1.807) is 0 Å². The summed E-state index contributed by atoms with van der Waals surface area (Å²) >= 11 is 0. The van der Waals surface area contributed by atoms with Crippen LogP contribution in [0.5, 0.6) is 5.75 Å². The molecule has 1 aromatic heterocycles. The van der Waals surface area contributed by atoms with Gasteiger partial charge in [-0.15, -0.1) is 0 Å². The number of halogens is 1. The van der Waals surface area contributed by atoms with Gasteiger partial charge in [-0.2, -0.15) is 0 Å². The lowest BCUT2D eigenvalue weighted by molar-refractivity contribution is 0.122. The lowest BCUT2D eigenvalue weighted by Crippen LogP contribution is -2.37. The summed E-state index contributed by atoms with van der Waals surface area (Å²) in [6, 6.07) is 4.93. The van der Waals surface area contributed by atoms with Crippen molar-refractivity contribution in [3.63, 3.8) is 0 Å². The van der Waals surface area contributed by atoms with Crippen molar-refractivity contribution >= 4 is 5.95 Å². The quantitative estimate of drug-likeness (QED) is 0.901. The van der Waals surface area contributed by atoms with E-state index in [-0.39, 0.29) is 11.9 Å². The predicted octanol–water partition coefficient (Wildman–Crippen LogP) is 1.94. The molecule has 138 valence electrons. The Labute approximate surface area is 152 Å². The Kier molecular flexibility index (Phi) is 4.74. The standard InChI is InChI=1S/C19H23FN4O2/c1-2-14-10-17(23-19(22-14)24-3-5-25-6-4-24)16-9-13(20)7-12-8-15(11-21)26-18(12)16/h7,9-10,15H,2-6,8,11,21H2,1H3/t15-/m1/s1. The highest BCUT2D eigenvalue weighted by Crippen LogP contribution is 2.39. The molecular formula is C19H23FN4O2. The summed E-state index contributed by atoms with van der Waals surface area (Å²) in [6.07, 6.45) is 1.28. The molecule has 1 atom stereocenters. The molecule has 0 spiro atoms. The van der Waals surface area contributed by atoms with Crippen molar-refractivity contribution in [3.05, 3.63) is 35.3 Å². The first-order chi connectivity index (χ1) is 12.7. The van der Waals surface area contributed by atoms with E-state index in [1.807, 2.05) is 13.0 Å². The molecule has 0 saturated carbocycles. The molecule has 26 heavy (non-hydrogen) atoms. The maximum Gasteiger partial charge on any atom is 0.226 e. The number of fused-ring (bicyclic) bond motifs is 1. The summed E-state index contributed by atoms with van der Waals surface area (Å²) in [5.41, 5.74) is 8.87. The molecule has 2 aliphatic rings. The fourth-order valence-electron chi connectivity index (χ4n) is 3.42. The van der Waals surface area contributed by atoms with Crippen LogP contribution in [0.2, 0.25) is 0 Å². The zero-order chi connectivity index (χ0) is 18.1. The number of hydrogen-bond donors (Lipinski definition) is 1. The van der Waals surface area contributed by atoms with Gasteiger partial charge in [0, 0.05) is 42.9 Å². The fourth-order valence-corrected chi connectivity index (χ4v) is 3.42. The van der Waals surface area contributed by atoms with Crippen molar-refractivity contribution in [2.45, 2.75) is 25.9 Å². The second kappa shape index (κ2) is 7.17. The van der Waals surface area contributed by atoms with Gasteiger partial charge in [0.25, 0.3) is 0 Å². The summed E-state index contributed by atoms with van der Waals surface area (Å²) < 4.78 is 25.6. The molecule has 2 aromatic rings. The third kappa shape index (κ3) is 3.24. The number of aromatic nitrogens is 2. The number of hydrogen-bond acceptors (Lipinski definition) is 6. The molecule has 0 radical (unpaired) electrons. The topological polar surface area (TPSA) is 73.5 Å². The summed E-state index contributed by atoms with van der Waals surface area (Å²) in [5, 5.41) is 0. The summed E-state index contributed by atoms with van der Waals surface area (Å²) in [4.78, 5) is 11.5. The normalized spacial score (nSPS) is 19.3. The lowest BCUT2D eigenvalue weighted by Gasteiger charge is -2.27. The van der Waals surface area contributed by atoms with Crippen LogP contribution < -0.4 is 15.4 Å². The molecular weight excluding hydrogens is 335 g/mol. The average molecular weight is 358 g/mol. The molecule has 2 N–H and O–H groups in total. The number of nitrogens with two attached hydrogens (primary N) is 1. The highest BCUT2D eigenvalue weighted by atomic mass is 19.1. The smallest absolute Gasteiger partial charge is 0.226 e. The minimum Gasteiger partial charge on any atom is -0.488 e. The maximum atomic E-state index is 14.2. The zero-order valence-electron chi connectivity index (χ0n) is 14.9. The molecule has 1 aromatic carbocycles. The number of aryl methyl sites for hydroxylation is 1. The van der Waals surface area contributed by atoms with Crippen LogP contribution in [0.15, 0.2) is 18.2 Å². The van der Waals surface area contributed by atoms with Crippen LogP contribution >= 0.6 is 0 Å². The highest BCUT2D eigenvalue weighted by molar-refractivity contribution is 5.71. The molecule has 6 nitrogen and oxygen atoms in total. The monoisotopic (exact) mass is 358 g/mol. The van der Waals surface area contributed by atoms with E-state index in [0.717, 1.165) is 30.8 Å². The molecule has 2 aliphatic heterocycles. The lowest BCUT2D eigenvalue weighted by atomic mass is 10.0. The van der Waals surface area contributed by atoms with E-state index in [9.17, 15) is 4.39 Å². The van der Waals surface area contributed by atoms with Gasteiger partial charge in [0.2, 0.25) is 5.95 Å². The molecule has 7 heteroatoms. The van der Waals surface area contributed by atoms with Crippen LogP contribution in [-0.2, 0) is 17.6 Å². The van der Waals surface area contributed by atoms with Gasteiger partial charge < -0.3 is 20.1 Å². The SMILES string of the molecule is CCc1cc(-c2cc(F)cc3c2O[C@@H](CN)C3)nc(N2CCOCC2)n1. The number of anilines is 1. The minimum atomic E-state index is -0.287. The van der Waals surface area contributed by atoms with Crippen molar-refractivity contribution in [3.8, 4) is 17.0 Å². The Morgan fingerprint density at radius 3 is 2.77 bits per heavy atom. The average Bonchev–Trinajstić information content (AvgIpc) is 3.10. The number of rotatable bonds is 4. The van der Waals surface area contributed by atoms with Crippen molar-refractivity contribution in [1.82, 2.24) is 9.97 Å². The number of morpholine rings is 1. The largest absolute Gasteiger partial charge is 0.488 e. The number of ether oxygens (including phenoxy) is 2. The van der Waals surface area contributed by atoms with E-state index >= 15 is 0 Å². The Bertz CT molecular complexity index is 808. The molecule has 3 heterocycles. The first kappa shape index (κ1) is 17.2. The molecule has 1 fully saturated rings. The van der Waals surface area contributed by atoms with Gasteiger partial charge >= 0.3 is 0 Å². The number of benzene rings is 1. The molecule has 1 saturated heterocycles. The van der Waals surface area contributed by atoms with Crippen LogP contribution in [0.4, 0.5) is 10.3 Å².